The molecule has 1 saturated heterocycles. The van der Waals surface area contributed by atoms with Crippen LogP contribution in [0.5, 0.6) is 0 Å². The largest absolute Gasteiger partial charge is 0.340 e. The van der Waals surface area contributed by atoms with Gasteiger partial charge in [-0.25, -0.2) is 4.98 Å². The summed E-state index contributed by atoms with van der Waals surface area (Å²) >= 11 is 6.12. The van der Waals surface area contributed by atoms with Crippen LogP contribution in [0.15, 0.2) is 67.0 Å². The number of hydrogen-bond donors (Lipinski definition) is 0. The number of piperazine rings is 1. The first-order chi connectivity index (χ1) is 14.6. The third kappa shape index (κ3) is 4.74. The summed E-state index contributed by atoms with van der Waals surface area (Å²) in [6.07, 6.45) is 4.21. The van der Waals surface area contributed by atoms with Crippen LogP contribution in [-0.2, 0) is 11.3 Å². The number of amides is 1. The van der Waals surface area contributed by atoms with Crippen molar-refractivity contribution in [3.8, 4) is 0 Å². The summed E-state index contributed by atoms with van der Waals surface area (Å²) in [4.78, 5) is 21.4. The molecule has 0 saturated carbocycles. The molecule has 0 aliphatic carbocycles. The molecule has 1 unspecified atom stereocenters. The lowest BCUT2D eigenvalue weighted by Crippen LogP contribution is -2.50. The zero-order valence-corrected chi connectivity index (χ0v) is 18.0. The van der Waals surface area contributed by atoms with Crippen molar-refractivity contribution in [2.45, 2.75) is 25.9 Å². The van der Waals surface area contributed by atoms with Crippen LogP contribution in [0.2, 0.25) is 5.02 Å². The predicted octanol–water partition coefficient (Wildman–Crippen LogP) is 4.17. The monoisotopic (exact) mass is 422 g/mol. The molecule has 0 bridgehead atoms. The second kappa shape index (κ2) is 9.45. The number of rotatable bonds is 6. The summed E-state index contributed by atoms with van der Waals surface area (Å²) in [6, 6.07) is 18.8. The number of hydrogen-bond acceptors (Lipinski definition) is 3. The number of imidazole rings is 1. The average Bonchev–Trinajstić information content (AvgIpc) is 3.19. The van der Waals surface area contributed by atoms with Crippen LogP contribution in [0.1, 0.15) is 29.4 Å². The molecular weight excluding hydrogens is 396 g/mol. The van der Waals surface area contributed by atoms with Gasteiger partial charge in [0.1, 0.15) is 5.82 Å². The van der Waals surface area contributed by atoms with Gasteiger partial charge in [0.25, 0.3) is 0 Å². The molecule has 2 aromatic carbocycles. The molecule has 1 fully saturated rings. The molecule has 0 radical (unpaired) electrons. The molecule has 30 heavy (non-hydrogen) atoms. The van der Waals surface area contributed by atoms with E-state index in [4.69, 9.17) is 11.6 Å². The fourth-order valence-corrected chi connectivity index (χ4v) is 4.26. The molecule has 1 aromatic heterocycles. The molecule has 4 rings (SSSR count). The fraction of sp³-hybridized carbons (Fsp3) is 0.333. The molecule has 1 amide bonds. The highest BCUT2D eigenvalue weighted by atomic mass is 35.5. The first-order valence-electron chi connectivity index (χ1n) is 10.4. The summed E-state index contributed by atoms with van der Waals surface area (Å²) < 4.78 is 2.03. The van der Waals surface area contributed by atoms with Gasteiger partial charge in [-0.15, -0.1) is 0 Å². The standard InChI is InChI=1S/C24H27ClN4O/c1-19-26-12-14-27(19)13-11-23(30)28-15-17-29(18-16-28)24(20-5-3-2-4-6-20)21-7-9-22(25)10-8-21/h2-10,12,14,24H,11,13,15-18H2,1H3. The minimum absolute atomic E-state index is 0.161. The fourth-order valence-electron chi connectivity index (χ4n) is 4.14. The number of nitrogens with zero attached hydrogens (tertiary/aromatic N) is 4. The normalized spacial score (nSPS) is 15.9. The van der Waals surface area contributed by atoms with Gasteiger partial charge in [-0.2, -0.15) is 0 Å². The Morgan fingerprint density at radius 2 is 1.67 bits per heavy atom. The summed E-state index contributed by atoms with van der Waals surface area (Å²) in [5.74, 6) is 1.16. The van der Waals surface area contributed by atoms with Crippen molar-refractivity contribution in [3.63, 3.8) is 0 Å². The summed E-state index contributed by atoms with van der Waals surface area (Å²) in [7, 11) is 0. The molecular formula is C24H27ClN4O. The molecule has 3 aromatic rings. The second-order valence-corrected chi connectivity index (χ2v) is 8.14. The van der Waals surface area contributed by atoms with E-state index in [0.717, 1.165) is 37.0 Å². The number of aryl methyl sites for hydroxylation is 2. The lowest BCUT2D eigenvalue weighted by molar-refractivity contribution is -0.133. The van der Waals surface area contributed by atoms with E-state index >= 15 is 0 Å². The minimum Gasteiger partial charge on any atom is -0.340 e. The molecule has 1 aliphatic heterocycles. The van der Waals surface area contributed by atoms with Gasteiger partial charge in [0.05, 0.1) is 6.04 Å². The van der Waals surface area contributed by atoms with E-state index in [1.54, 1.807) is 6.20 Å². The number of carbonyl (C=O) groups is 1. The Hall–Kier alpha value is -2.63. The number of benzene rings is 2. The van der Waals surface area contributed by atoms with Gasteiger partial charge in [-0.3, -0.25) is 9.69 Å². The maximum absolute atomic E-state index is 12.7. The van der Waals surface area contributed by atoms with Crippen LogP contribution in [0, 0.1) is 6.92 Å². The SMILES string of the molecule is Cc1nccn1CCC(=O)N1CCN(C(c2ccccc2)c2ccc(Cl)cc2)CC1. The summed E-state index contributed by atoms with van der Waals surface area (Å²) in [5, 5.41) is 0.745. The Kier molecular flexibility index (Phi) is 6.50. The van der Waals surface area contributed by atoms with E-state index < -0.39 is 0 Å². The van der Waals surface area contributed by atoms with Crippen LogP contribution in [0.25, 0.3) is 0 Å². The van der Waals surface area contributed by atoms with E-state index in [9.17, 15) is 4.79 Å². The van der Waals surface area contributed by atoms with E-state index in [2.05, 4.69) is 46.3 Å². The van der Waals surface area contributed by atoms with Crippen molar-refractivity contribution < 1.29 is 4.79 Å². The predicted molar refractivity (Wildman–Crippen MR) is 119 cm³/mol. The van der Waals surface area contributed by atoms with Gasteiger partial charge in [0.15, 0.2) is 0 Å². The van der Waals surface area contributed by atoms with Crippen molar-refractivity contribution >= 4 is 17.5 Å². The topological polar surface area (TPSA) is 41.4 Å². The van der Waals surface area contributed by atoms with Gasteiger partial charge in [0, 0.05) is 56.6 Å². The third-order valence-electron chi connectivity index (χ3n) is 5.82. The van der Waals surface area contributed by atoms with Crippen LogP contribution in [-0.4, -0.2) is 51.4 Å². The molecule has 5 nitrogen and oxygen atoms in total. The van der Waals surface area contributed by atoms with Gasteiger partial charge >= 0.3 is 0 Å². The third-order valence-corrected chi connectivity index (χ3v) is 6.08. The van der Waals surface area contributed by atoms with Crippen LogP contribution in [0.4, 0.5) is 0 Å². The highest BCUT2D eigenvalue weighted by Crippen LogP contribution is 2.30. The van der Waals surface area contributed by atoms with Crippen molar-refractivity contribution in [2.24, 2.45) is 0 Å². The number of aromatic nitrogens is 2. The Balaban J connectivity index is 1.42. The van der Waals surface area contributed by atoms with E-state index in [0.29, 0.717) is 13.0 Å². The molecule has 6 heteroatoms. The van der Waals surface area contributed by atoms with Gasteiger partial charge in [0.2, 0.25) is 5.91 Å². The molecule has 1 aliphatic rings. The van der Waals surface area contributed by atoms with Crippen molar-refractivity contribution in [1.82, 2.24) is 19.4 Å². The summed E-state index contributed by atoms with van der Waals surface area (Å²) in [5.41, 5.74) is 2.48. The average molecular weight is 423 g/mol. The minimum atomic E-state index is 0.161. The molecule has 2 heterocycles. The Morgan fingerprint density at radius 1 is 1.00 bits per heavy atom. The lowest BCUT2D eigenvalue weighted by Gasteiger charge is -2.40. The van der Waals surface area contributed by atoms with Crippen molar-refractivity contribution in [3.05, 3.63) is 89.0 Å². The van der Waals surface area contributed by atoms with Crippen LogP contribution in [0.3, 0.4) is 0 Å². The van der Waals surface area contributed by atoms with Crippen molar-refractivity contribution in [2.75, 3.05) is 26.2 Å². The number of carbonyl (C=O) groups excluding carboxylic acids is 1. The second-order valence-electron chi connectivity index (χ2n) is 7.70. The first-order valence-corrected chi connectivity index (χ1v) is 10.8. The zero-order chi connectivity index (χ0) is 20.9. The van der Waals surface area contributed by atoms with Crippen LogP contribution < -0.4 is 0 Å². The van der Waals surface area contributed by atoms with E-state index in [1.807, 2.05) is 40.8 Å². The Labute approximate surface area is 182 Å². The Bertz CT molecular complexity index is 962. The van der Waals surface area contributed by atoms with Gasteiger partial charge < -0.3 is 9.47 Å². The molecule has 0 N–H and O–H groups in total. The molecule has 1 atom stereocenters. The first kappa shape index (κ1) is 20.6. The molecule has 0 spiro atoms. The highest BCUT2D eigenvalue weighted by molar-refractivity contribution is 6.30. The maximum atomic E-state index is 12.7. The quantitative estimate of drug-likeness (QED) is 0.598. The Morgan fingerprint density at radius 3 is 2.30 bits per heavy atom. The lowest BCUT2D eigenvalue weighted by atomic mass is 9.96. The maximum Gasteiger partial charge on any atom is 0.224 e. The van der Waals surface area contributed by atoms with E-state index in [1.165, 1.54) is 11.1 Å². The highest BCUT2D eigenvalue weighted by Gasteiger charge is 2.28. The summed E-state index contributed by atoms with van der Waals surface area (Å²) in [6.45, 7) is 5.83. The smallest absolute Gasteiger partial charge is 0.224 e. The van der Waals surface area contributed by atoms with Crippen molar-refractivity contribution in [1.29, 1.82) is 0 Å². The molecule has 156 valence electrons. The van der Waals surface area contributed by atoms with Gasteiger partial charge in [-0.1, -0.05) is 54.1 Å². The van der Waals surface area contributed by atoms with Gasteiger partial charge in [-0.05, 0) is 30.2 Å². The van der Waals surface area contributed by atoms with Crippen LogP contribution >= 0.6 is 11.6 Å². The number of halogens is 1. The van der Waals surface area contributed by atoms with E-state index in [-0.39, 0.29) is 11.9 Å². The zero-order valence-electron chi connectivity index (χ0n) is 17.2.